The number of aromatic nitrogens is 2. The maximum absolute atomic E-state index is 9.19. The molecule has 0 radical (unpaired) electrons. The Morgan fingerprint density at radius 3 is 2.63 bits per heavy atom. The van der Waals surface area contributed by atoms with Crippen LogP contribution in [0.5, 0.6) is 0 Å². The van der Waals surface area contributed by atoms with Crippen molar-refractivity contribution >= 4 is 17.4 Å². The van der Waals surface area contributed by atoms with Gasteiger partial charge in [0.1, 0.15) is 16.8 Å². The van der Waals surface area contributed by atoms with Crippen LogP contribution in [-0.2, 0) is 0 Å². The van der Waals surface area contributed by atoms with Gasteiger partial charge >= 0.3 is 0 Å². The topological polar surface area (TPSA) is 58.0 Å². The van der Waals surface area contributed by atoms with Crippen molar-refractivity contribution in [3.05, 3.63) is 17.0 Å². The number of nitrogens with zero attached hydrogens (tertiary/aromatic N) is 2. The molecule has 0 spiro atoms. The van der Waals surface area contributed by atoms with Gasteiger partial charge in [-0.3, -0.25) is 0 Å². The van der Waals surface area contributed by atoms with Gasteiger partial charge in [-0.05, 0) is 24.7 Å². The van der Waals surface area contributed by atoms with Crippen molar-refractivity contribution < 1.29 is 5.11 Å². The van der Waals surface area contributed by atoms with E-state index in [0.29, 0.717) is 17.5 Å². The van der Waals surface area contributed by atoms with E-state index in [-0.39, 0.29) is 18.1 Å². The third-order valence-electron chi connectivity index (χ3n) is 3.44. The van der Waals surface area contributed by atoms with E-state index in [1.54, 1.807) is 6.07 Å². The van der Waals surface area contributed by atoms with Crippen LogP contribution < -0.4 is 5.32 Å². The minimum absolute atomic E-state index is 0.0416. The zero-order valence-electron chi connectivity index (χ0n) is 11.8. The summed E-state index contributed by atoms with van der Waals surface area (Å²) in [4.78, 5) is 8.82. The van der Waals surface area contributed by atoms with Crippen molar-refractivity contribution in [3.8, 4) is 0 Å². The molecule has 4 nitrogen and oxygen atoms in total. The summed E-state index contributed by atoms with van der Waals surface area (Å²) in [5, 5.41) is 13.1. The average Bonchev–Trinajstić information content (AvgIpc) is 3.10. The lowest BCUT2D eigenvalue weighted by Gasteiger charge is -2.31. The lowest BCUT2D eigenvalue weighted by atomic mass is 9.85. The van der Waals surface area contributed by atoms with Crippen LogP contribution in [0.1, 0.15) is 51.8 Å². The molecule has 1 fully saturated rings. The molecular formula is C14H22ClN3O. The number of hydrogen-bond acceptors (Lipinski definition) is 4. The first-order valence-electron chi connectivity index (χ1n) is 6.82. The highest BCUT2D eigenvalue weighted by Gasteiger charge is 2.28. The molecule has 1 aromatic rings. The highest BCUT2D eigenvalue weighted by molar-refractivity contribution is 6.29. The number of hydrogen-bond donors (Lipinski definition) is 2. The molecule has 1 aliphatic carbocycles. The van der Waals surface area contributed by atoms with Crippen molar-refractivity contribution in [2.75, 3.05) is 11.9 Å². The van der Waals surface area contributed by atoms with Gasteiger partial charge in [-0.15, -0.1) is 0 Å². The minimum atomic E-state index is 0.0416. The molecule has 1 saturated carbocycles. The van der Waals surface area contributed by atoms with Crippen molar-refractivity contribution in [2.24, 2.45) is 5.41 Å². The van der Waals surface area contributed by atoms with Crippen LogP contribution in [0.3, 0.4) is 0 Å². The molecule has 5 heteroatoms. The number of rotatable bonds is 5. The SMILES string of the molecule is CC(C)(C)C(CCO)Nc1cc(Cl)nc(C2CC2)n1. The van der Waals surface area contributed by atoms with Gasteiger partial charge in [0, 0.05) is 24.6 Å². The fraction of sp³-hybridized carbons (Fsp3) is 0.714. The summed E-state index contributed by atoms with van der Waals surface area (Å²) < 4.78 is 0. The van der Waals surface area contributed by atoms with E-state index in [2.05, 4.69) is 36.1 Å². The molecule has 0 saturated heterocycles. The second-order valence-electron chi connectivity index (χ2n) is 6.28. The van der Waals surface area contributed by atoms with Crippen LogP contribution in [0.2, 0.25) is 5.15 Å². The molecule has 0 aliphatic heterocycles. The number of aliphatic hydroxyl groups is 1. The average molecular weight is 284 g/mol. The normalized spacial score (nSPS) is 17.3. The molecule has 19 heavy (non-hydrogen) atoms. The zero-order chi connectivity index (χ0) is 14.0. The van der Waals surface area contributed by atoms with Crippen LogP contribution in [0.4, 0.5) is 5.82 Å². The van der Waals surface area contributed by atoms with Gasteiger partial charge in [-0.1, -0.05) is 32.4 Å². The largest absolute Gasteiger partial charge is 0.396 e. The Hall–Kier alpha value is -0.870. The number of halogens is 1. The summed E-state index contributed by atoms with van der Waals surface area (Å²) in [6.07, 6.45) is 2.99. The Kier molecular flexibility index (Phi) is 4.31. The van der Waals surface area contributed by atoms with Gasteiger partial charge in [0.05, 0.1) is 0 Å². The van der Waals surface area contributed by atoms with Crippen molar-refractivity contribution in [1.82, 2.24) is 9.97 Å². The maximum atomic E-state index is 9.19. The Morgan fingerprint density at radius 2 is 2.11 bits per heavy atom. The van der Waals surface area contributed by atoms with Gasteiger partial charge in [-0.25, -0.2) is 9.97 Å². The van der Waals surface area contributed by atoms with Crippen molar-refractivity contribution in [1.29, 1.82) is 0 Å². The molecule has 0 aromatic carbocycles. The highest BCUT2D eigenvalue weighted by atomic mass is 35.5. The first kappa shape index (κ1) is 14.5. The van der Waals surface area contributed by atoms with Gasteiger partial charge < -0.3 is 10.4 Å². The number of anilines is 1. The quantitative estimate of drug-likeness (QED) is 0.815. The molecule has 0 amide bonds. The van der Waals surface area contributed by atoms with Gasteiger partial charge in [0.2, 0.25) is 0 Å². The first-order chi connectivity index (χ1) is 8.90. The fourth-order valence-electron chi connectivity index (χ4n) is 2.06. The minimum Gasteiger partial charge on any atom is -0.396 e. The first-order valence-corrected chi connectivity index (χ1v) is 7.20. The van der Waals surface area contributed by atoms with Crippen LogP contribution in [0.25, 0.3) is 0 Å². The molecule has 1 aromatic heterocycles. The molecule has 2 rings (SSSR count). The Balaban J connectivity index is 2.16. The van der Waals surface area contributed by atoms with E-state index in [4.69, 9.17) is 11.6 Å². The smallest absolute Gasteiger partial charge is 0.135 e. The van der Waals surface area contributed by atoms with Gasteiger partial charge in [0.15, 0.2) is 0 Å². The summed E-state index contributed by atoms with van der Waals surface area (Å²) in [6.45, 7) is 6.59. The molecular weight excluding hydrogens is 262 g/mol. The highest BCUT2D eigenvalue weighted by Crippen LogP contribution is 2.39. The van der Waals surface area contributed by atoms with E-state index >= 15 is 0 Å². The molecule has 1 atom stereocenters. The summed E-state index contributed by atoms with van der Waals surface area (Å²) in [7, 11) is 0. The summed E-state index contributed by atoms with van der Waals surface area (Å²) in [5.41, 5.74) is 0.0416. The molecule has 2 N–H and O–H groups in total. The summed E-state index contributed by atoms with van der Waals surface area (Å²) in [5.74, 6) is 2.08. The van der Waals surface area contributed by atoms with Crippen LogP contribution in [-0.4, -0.2) is 27.7 Å². The monoisotopic (exact) mass is 283 g/mol. The second kappa shape index (κ2) is 5.63. The second-order valence-corrected chi connectivity index (χ2v) is 6.67. The Labute approximate surface area is 119 Å². The van der Waals surface area contributed by atoms with E-state index in [9.17, 15) is 5.11 Å². The fourth-order valence-corrected chi connectivity index (χ4v) is 2.25. The molecule has 1 unspecified atom stereocenters. The predicted molar refractivity (Wildman–Crippen MR) is 77.6 cm³/mol. The van der Waals surface area contributed by atoms with E-state index in [0.717, 1.165) is 24.5 Å². The molecule has 106 valence electrons. The lowest BCUT2D eigenvalue weighted by molar-refractivity contribution is 0.235. The van der Waals surface area contributed by atoms with Crippen molar-refractivity contribution in [2.45, 2.75) is 52.0 Å². The molecule has 1 aliphatic rings. The van der Waals surface area contributed by atoms with Crippen LogP contribution >= 0.6 is 11.6 Å². The predicted octanol–water partition coefficient (Wildman–Crippen LogP) is 3.22. The van der Waals surface area contributed by atoms with Gasteiger partial charge in [0.25, 0.3) is 0 Å². The maximum Gasteiger partial charge on any atom is 0.135 e. The summed E-state index contributed by atoms with van der Waals surface area (Å²) in [6, 6.07) is 1.90. The number of nitrogens with one attached hydrogen (secondary N) is 1. The third-order valence-corrected chi connectivity index (χ3v) is 3.63. The van der Waals surface area contributed by atoms with Gasteiger partial charge in [-0.2, -0.15) is 0 Å². The van der Waals surface area contributed by atoms with Crippen LogP contribution in [0.15, 0.2) is 6.07 Å². The van der Waals surface area contributed by atoms with E-state index < -0.39 is 0 Å². The summed E-state index contributed by atoms with van der Waals surface area (Å²) >= 11 is 6.06. The third kappa shape index (κ3) is 4.05. The Morgan fingerprint density at radius 1 is 1.42 bits per heavy atom. The Bertz CT molecular complexity index is 441. The van der Waals surface area contributed by atoms with Crippen LogP contribution in [0, 0.1) is 5.41 Å². The van der Waals surface area contributed by atoms with E-state index in [1.165, 1.54) is 0 Å². The van der Waals surface area contributed by atoms with E-state index in [1.807, 2.05) is 0 Å². The zero-order valence-corrected chi connectivity index (χ0v) is 12.5. The lowest BCUT2D eigenvalue weighted by Crippen LogP contribution is -2.35. The standard InChI is InChI=1S/C14H22ClN3O/c1-14(2,3)10(6-7-19)16-12-8-11(15)17-13(18-12)9-4-5-9/h8-10,19H,4-7H2,1-3H3,(H,16,17,18). The molecule has 0 bridgehead atoms. The van der Waals surface area contributed by atoms with Crippen molar-refractivity contribution in [3.63, 3.8) is 0 Å². The number of aliphatic hydroxyl groups excluding tert-OH is 1. The molecule has 1 heterocycles.